The number of carbonyl (C=O) groups is 1. The Morgan fingerprint density at radius 2 is 2.12 bits per heavy atom. The van der Waals surface area contributed by atoms with Crippen molar-refractivity contribution in [1.29, 1.82) is 0 Å². The molecule has 0 saturated heterocycles. The van der Waals surface area contributed by atoms with Gasteiger partial charge in [0.15, 0.2) is 0 Å². The van der Waals surface area contributed by atoms with Crippen molar-refractivity contribution in [2.45, 2.75) is 18.9 Å². The van der Waals surface area contributed by atoms with Gasteiger partial charge in [0.1, 0.15) is 12.6 Å². The highest BCUT2D eigenvalue weighted by Crippen LogP contribution is 2.02. The standard InChI is InChI=1S/C13H15NO2/c1-2-3-9-16-13(15)12(14)10-11-7-5-4-6-8-11/h1,4-8,12H,3,9-10,14H2. The first-order valence-electron chi connectivity index (χ1n) is 5.13. The Morgan fingerprint density at radius 3 is 2.75 bits per heavy atom. The molecule has 1 aromatic rings. The second-order valence-electron chi connectivity index (χ2n) is 3.42. The normalized spacial score (nSPS) is 11.5. The molecule has 1 aromatic carbocycles. The van der Waals surface area contributed by atoms with Crippen molar-refractivity contribution in [2.24, 2.45) is 5.73 Å². The topological polar surface area (TPSA) is 52.3 Å². The number of hydrogen-bond acceptors (Lipinski definition) is 3. The van der Waals surface area contributed by atoms with Gasteiger partial charge >= 0.3 is 5.97 Å². The van der Waals surface area contributed by atoms with Gasteiger partial charge in [0.2, 0.25) is 0 Å². The second-order valence-corrected chi connectivity index (χ2v) is 3.42. The highest BCUT2D eigenvalue weighted by molar-refractivity contribution is 5.75. The van der Waals surface area contributed by atoms with E-state index in [-0.39, 0.29) is 6.61 Å². The zero-order valence-corrected chi connectivity index (χ0v) is 9.06. The van der Waals surface area contributed by atoms with E-state index in [0.717, 1.165) is 5.56 Å². The third-order valence-corrected chi connectivity index (χ3v) is 2.09. The van der Waals surface area contributed by atoms with Gasteiger partial charge in [-0.05, 0) is 12.0 Å². The van der Waals surface area contributed by atoms with Crippen molar-refractivity contribution in [2.75, 3.05) is 6.61 Å². The summed E-state index contributed by atoms with van der Waals surface area (Å²) in [4.78, 5) is 11.4. The van der Waals surface area contributed by atoms with Crippen molar-refractivity contribution >= 4 is 5.97 Å². The summed E-state index contributed by atoms with van der Waals surface area (Å²) in [5.74, 6) is 1.99. The summed E-state index contributed by atoms with van der Waals surface area (Å²) < 4.78 is 4.91. The summed E-state index contributed by atoms with van der Waals surface area (Å²) in [6.45, 7) is 0.234. The van der Waals surface area contributed by atoms with Gasteiger partial charge in [-0.15, -0.1) is 12.3 Å². The fourth-order valence-electron chi connectivity index (χ4n) is 1.27. The molecule has 2 N–H and O–H groups in total. The van der Waals surface area contributed by atoms with Crippen molar-refractivity contribution in [3.8, 4) is 12.3 Å². The number of benzene rings is 1. The molecule has 1 unspecified atom stereocenters. The third kappa shape index (κ3) is 4.16. The second kappa shape index (κ2) is 6.65. The Balaban J connectivity index is 2.38. The van der Waals surface area contributed by atoms with Gasteiger partial charge in [-0.25, -0.2) is 0 Å². The molecule has 0 radical (unpaired) electrons. The van der Waals surface area contributed by atoms with E-state index in [4.69, 9.17) is 16.9 Å². The highest BCUT2D eigenvalue weighted by Gasteiger charge is 2.14. The lowest BCUT2D eigenvalue weighted by Gasteiger charge is -2.10. The molecule has 0 bridgehead atoms. The maximum atomic E-state index is 11.4. The summed E-state index contributed by atoms with van der Waals surface area (Å²) in [5.41, 5.74) is 6.72. The molecule has 0 saturated carbocycles. The molecule has 16 heavy (non-hydrogen) atoms. The van der Waals surface area contributed by atoms with Gasteiger partial charge in [0.25, 0.3) is 0 Å². The van der Waals surface area contributed by atoms with Gasteiger partial charge in [-0.2, -0.15) is 0 Å². The van der Waals surface area contributed by atoms with Gasteiger partial charge in [-0.1, -0.05) is 30.3 Å². The van der Waals surface area contributed by atoms with Crippen LogP contribution in [0.15, 0.2) is 30.3 Å². The number of nitrogens with two attached hydrogens (primary N) is 1. The zero-order valence-electron chi connectivity index (χ0n) is 9.06. The van der Waals surface area contributed by atoms with Crippen LogP contribution in [0.3, 0.4) is 0 Å². The lowest BCUT2D eigenvalue weighted by molar-refractivity contribution is -0.144. The Bertz CT molecular complexity index is 367. The molecular weight excluding hydrogens is 202 g/mol. The van der Waals surface area contributed by atoms with E-state index in [2.05, 4.69) is 5.92 Å². The number of rotatable bonds is 5. The van der Waals surface area contributed by atoms with Crippen LogP contribution >= 0.6 is 0 Å². The van der Waals surface area contributed by atoms with Crippen LogP contribution in [-0.2, 0) is 16.0 Å². The molecule has 84 valence electrons. The quantitative estimate of drug-likeness (QED) is 0.457. The lowest BCUT2D eigenvalue weighted by Crippen LogP contribution is -2.34. The van der Waals surface area contributed by atoms with Crippen LogP contribution in [0.5, 0.6) is 0 Å². The Labute approximate surface area is 95.6 Å². The average molecular weight is 217 g/mol. The predicted octanol–water partition coefficient (Wildman–Crippen LogP) is 1.12. The summed E-state index contributed by atoms with van der Waals surface area (Å²) in [6.07, 6.45) is 5.94. The van der Waals surface area contributed by atoms with Gasteiger partial charge in [-0.3, -0.25) is 4.79 Å². The van der Waals surface area contributed by atoms with Crippen molar-refractivity contribution in [1.82, 2.24) is 0 Å². The van der Waals surface area contributed by atoms with Crippen LogP contribution in [0.25, 0.3) is 0 Å². The van der Waals surface area contributed by atoms with Crippen LogP contribution in [0.1, 0.15) is 12.0 Å². The number of hydrogen-bond donors (Lipinski definition) is 1. The van der Waals surface area contributed by atoms with Crippen molar-refractivity contribution in [3.63, 3.8) is 0 Å². The molecule has 0 amide bonds. The lowest BCUT2D eigenvalue weighted by atomic mass is 10.1. The van der Waals surface area contributed by atoms with E-state index in [1.165, 1.54) is 0 Å². The molecule has 0 fully saturated rings. The third-order valence-electron chi connectivity index (χ3n) is 2.09. The molecule has 1 atom stereocenters. The molecule has 0 aliphatic heterocycles. The molecule has 1 rings (SSSR count). The number of terminal acetylenes is 1. The number of esters is 1. The van der Waals surface area contributed by atoms with Gasteiger partial charge in [0.05, 0.1) is 0 Å². The van der Waals surface area contributed by atoms with Crippen molar-refractivity contribution < 1.29 is 9.53 Å². The molecule has 0 aliphatic carbocycles. The van der Waals surface area contributed by atoms with Crippen LogP contribution in [-0.4, -0.2) is 18.6 Å². The van der Waals surface area contributed by atoms with Crippen LogP contribution in [0.4, 0.5) is 0 Å². The first kappa shape index (κ1) is 12.3. The van der Waals surface area contributed by atoms with Gasteiger partial charge < -0.3 is 10.5 Å². The van der Waals surface area contributed by atoms with E-state index >= 15 is 0 Å². The maximum absolute atomic E-state index is 11.4. The van der Waals surface area contributed by atoms with Crippen LogP contribution < -0.4 is 5.73 Å². The van der Waals surface area contributed by atoms with Gasteiger partial charge in [0, 0.05) is 6.42 Å². The number of ether oxygens (including phenoxy) is 1. The van der Waals surface area contributed by atoms with Crippen LogP contribution in [0, 0.1) is 12.3 Å². The Hall–Kier alpha value is -1.79. The fourth-order valence-corrected chi connectivity index (χ4v) is 1.27. The van der Waals surface area contributed by atoms with E-state index in [0.29, 0.717) is 12.8 Å². The van der Waals surface area contributed by atoms with Crippen LogP contribution in [0.2, 0.25) is 0 Å². The first-order valence-corrected chi connectivity index (χ1v) is 5.13. The Kier molecular flexibility index (Phi) is 5.10. The minimum atomic E-state index is -0.625. The monoisotopic (exact) mass is 217 g/mol. The molecule has 3 heteroatoms. The summed E-state index contributed by atoms with van der Waals surface area (Å²) in [5, 5.41) is 0. The average Bonchev–Trinajstić information content (AvgIpc) is 2.30. The molecule has 3 nitrogen and oxygen atoms in total. The number of carbonyl (C=O) groups excluding carboxylic acids is 1. The minimum Gasteiger partial charge on any atom is -0.464 e. The van der Waals surface area contributed by atoms with E-state index in [1.807, 2.05) is 30.3 Å². The molecule has 0 aliphatic rings. The smallest absolute Gasteiger partial charge is 0.323 e. The first-order chi connectivity index (χ1) is 7.74. The molecular formula is C13H15NO2. The zero-order chi connectivity index (χ0) is 11.8. The van der Waals surface area contributed by atoms with Crippen molar-refractivity contribution in [3.05, 3.63) is 35.9 Å². The molecule has 0 heterocycles. The predicted molar refractivity (Wildman–Crippen MR) is 62.5 cm³/mol. The molecule has 0 aromatic heterocycles. The molecule has 0 spiro atoms. The van der Waals surface area contributed by atoms with E-state index < -0.39 is 12.0 Å². The minimum absolute atomic E-state index is 0.234. The maximum Gasteiger partial charge on any atom is 0.323 e. The highest BCUT2D eigenvalue weighted by atomic mass is 16.5. The van der Waals surface area contributed by atoms with E-state index in [9.17, 15) is 4.79 Å². The largest absolute Gasteiger partial charge is 0.464 e. The SMILES string of the molecule is C#CCCOC(=O)C(N)Cc1ccccc1. The Morgan fingerprint density at radius 1 is 1.44 bits per heavy atom. The van der Waals surface area contributed by atoms with E-state index in [1.54, 1.807) is 0 Å². The summed E-state index contributed by atoms with van der Waals surface area (Å²) in [7, 11) is 0. The summed E-state index contributed by atoms with van der Waals surface area (Å²) in [6, 6.07) is 8.96. The summed E-state index contributed by atoms with van der Waals surface area (Å²) >= 11 is 0. The fraction of sp³-hybridized carbons (Fsp3) is 0.308.